The van der Waals surface area contributed by atoms with Crippen molar-refractivity contribution in [2.24, 2.45) is 0 Å². The van der Waals surface area contributed by atoms with E-state index in [1.807, 2.05) is 0 Å². The van der Waals surface area contributed by atoms with E-state index in [1.165, 1.54) is 0 Å². The van der Waals surface area contributed by atoms with Gasteiger partial charge in [0, 0.05) is 0 Å². The van der Waals surface area contributed by atoms with Gasteiger partial charge in [0.15, 0.2) is 0 Å². The molecule has 20 valence electrons. The second-order valence-electron chi connectivity index (χ2n) is 0.232. The van der Waals surface area contributed by atoms with E-state index in [4.69, 9.17) is 4.79 Å². The van der Waals surface area contributed by atoms with Crippen LogP contribution in [0.15, 0.2) is 0 Å². The van der Waals surface area contributed by atoms with Gasteiger partial charge in [0.2, 0.25) is 0 Å². The molecular formula is CHBO2. The lowest BCUT2D eigenvalue weighted by atomic mass is 10.6. The topological polar surface area (TPSA) is 26.3 Å². The molecule has 0 fully saturated rings. The quantitative estimate of drug-likeness (QED) is 0.291. The van der Waals surface area contributed by atoms with Crippen LogP contribution in [0.3, 0.4) is 0 Å². The molecular weight excluding hydrogens is 54.8 g/mol. The number of hydrogen-bond acceptors (Lipinski definition) is 2. The summed E-state index contributed by atoms with van der Waals surface area (Å²) in [5, 5.41) is 0. The normalized spacial score (nSPS) is 5.00. The molecule has 4 heavy (non-hydrogen) atoms. The lowest BCUT2D eigenvalue weighted by molar-refractivity contribution is -0.120. The first kappa shape index (κ1) is 3.53. The summed E-state index contributed by atoms with van der Waals surface area (Å²) in [6.45, 7) is 0.153. The van der Waals surface area contributed by atoms with E-state index in [0.717, 1.165) is 0 Å². The molecule has 0 atom stereocenters. The molecule has 0 bridgehead atoms. The number of carbonyl (C=O) groups is 1. The highest BCUT2D eigenvalue weighted by Crippen LogP contribution is 1.32. The molecule has 0 aliphatic carbocycles. The smallest absolute Gasteiger partial charge is 0.377 e. The van der Waals surface area contributed by atoms with Crippen LogP contribution in [0.2, 0.25) is 0 Å². The zero-order chi connectivity index (χ0) is 3.41. The van der Waals surface area contributed by atoms with Crippen LogP contribution in [-0.4, -0.2) is 14.5 Å². The van der Waals surface area contributed by atoms with Crippen LogP contribution >= 0.6 is 0 Å². The Balaban J connectivity index is 2.30. The van der Waals surface area contributed by atoms with Crippen molar-refractivity contribution in [3.05, 3.63) is 0 Å². The second-order valence-corrected chi connectivity index (χ2v) is 0.232. The Kier molecular flexibility index (Phi) is 2.24. The van der Waals surface area contributed by atoms with E-state index >= 15 is 0 Å². The summed E-state index contributed by atoms with van der Waals surface area (Å²) in [6, 6.07) is 0. The van der Waals surface area contributed by atoms with E-state index < -0.39 is 0 Å². The van der Waals surface area contributed by atoms with Crippen molar-refractivity contribution in [2.75, 3.05) is 0 Å². The molecule has 0 N–H and O–H groups in total. The van der Waals surface area contributed by atoms with Crippen LogP contribution < -0.4 is 0 Å². The Bertz CT molecular complexity index is 20.0. The molecule has 0 saturated heterocycles. The molecule has 0 heterocycles. The highest BCUT2D eigenvalue weighted by molar-refractivity contribution is 6.01. The number of rotatable bonds is 1. The summed E-state index contributed by atoms with van der Waals surface area (Å²) in [7, 11) is 4.16. The molecule has 0 unspecified atom stereocenters. The maximum absolute atomic E-state index is 8.83. The van der Waals surface area contributed by atoms with Gasteiger partial charge in [-0.2, -0.15) is 0 Å². The Morgan fingerprint density at radius 3 is 2.25 bits per heavy atom. The van der Waals surface area contributed by atoms with E-state index in [0.29, 0.717) is 0 Å². The van der Waals surface area contributed by atoms with Crippen LogP contribution in [0.4, 0.5) is 0 Å². The van der Waals surface area contributed by atoms with Gasteiger partial charge < -0.3 is 4.65 Å². The van der Waals surface area contributed by atoms with Crippen molar-refractivity contribution < 1.29 is 9.45 Å². The molecule has 0 aromatic heterocycles. The average Bonchev–Trinajstić information content (AvgIpc) is 1.37. The van der Waals surface area contributed by atoms with Crippen LogP contribution in [0.1, 0.15) is 0 Å². The molecule has 0 aliphatic rings. The van der Waals surface area contributed by atoms with Crippen molar-refractivity contribution in [2.45, 2.75) is 0 Å². The molecule has 0 spiro atoms. The third kappa shape index (κ3) is 1.53. The summed E-state index contributed by atoms with van der Waals surface area (Å²) >= 11 is 0. The lowest BCUT2D eigenvalue weighted by Crippen LogP contribution is -1.71. The largest absolute Gasteiger partial charge is 0.545 e. The molecule has 0 amide bonds. The van der Waals surface area contributed by atoms with Gasteiger partial charge >= 0.3 is 8.05 Å². The molecule has 3 heteroatoms. The first-order valence-electron chi connectivity index (χ1n) is 0.707. The SMILES string of the molecule is [B]OC=O. The van der Waals surface area contributed by atoms with Gasteiger partial charge in [-0.1, -0.05) is 0 Å². The highest BCUT2D eigenvalue weighted by Gasteiger charge is 1.47. The van der Waals surface area contributed by atoms with Crippen molar-refractivity contribution in [1.82, 2.24) is 0 Å². The molecule has 2 nitrogen and oxygen atoms in total. The summed E-state index contributed by atoms with van der Waals surface area (Å²) in [6.07, 6.45) is 0. The summed E-state index contributed by atoms with van der Waals surface area (Å²) in [5.41, 5.74) is 0. The van der Waals surface area contributed by atoms with Crippen LogP contribution in [-0.2, 0) is 9.45 Å². The zero-order valence-corrected chi connectivity index (χ0v) is 1.97. The summed E-state index contributed by atoms with van der Waals surface area (Å²) < 4.78 is 3.36. The van der Waals surface area contributed by atoms with Crippen molar-refractivity contribution in [1.29, 1.82) is 0 Å². The minimum atomic E-state index is 0.153. The first-order chi connectivity index (χ1) is 1.91. The van der Waals surface area contributed by atoms with Crippen molar-refractivity contribution >= 4 is 14.5 Å². The van der Waals surface area contributed by atoms with Gasteiger partial charge in [0.1, 0.15) is 0 Å². The molecule has 2 radical (unpaired) electrons. The molecule has 0 aromatic carbocycles. The molecule has 0 saturated carbocycles. The molecule has 0 rings (SSSR count). The van der Waals surface area contributed by atoms with Gasteiger partial charge in [0.25, 0.3) is 6.47 Å². The van der Waals surface area contributed by atoms with E-state index in [-0.39, 0.29) is 6.47 Å². The third-order valence-electron chi connectivity index (χ3n) is 0.0556. The Hall–Kier alpha value is -0.465. The standard InChI is InChI=1S/CHBO2/c2-4-1-3/h1H. The monoisotopic (exact) mass is 56.0 g/mol. The van der Waals surface area contributed by atoms with Gasteiger partial charge in [-0.05, 0) is 0 Å². The van der Waals surface area contributed by atoms with E-state index in [2.05, 4.69) is 12.7 Å². The minimum Gasteiger partial charge on any atom is -0.545 e. The van der Waals surface area contributed by atoms with Crippen LogP contribution in [0.5, 0.6) is 0 Å². The molecule has 0 aromatic rings. The predicted octanol–water partition coefficient (Wildman–Crippen LogP) is -0.757. The predicted molar refractivity (Wildman–Crippen MR) is 12.9 cm³/mol. The maximum Gasteiger partial charge on any atom is 0.377 e. The van der Waals surface area contributed by atoms with E-state index in [9.17, 15) is 0 Å². The van der Waals surface area contributed by atoms with Gasteiger partial charge in [0.05, 0.1) is 0 Å². The van der Waals surface area contributed by atoms with Crippen LogP contribution in [0.25, 0.3) is 0 Å². The van der Waals surface area contributed by atoms with Gasteiger partial charge in [-0.15, -0.1) is 0 Å². The second kappa shape index (κ2) is 2.53. The van der Waals surface area contributed by atoms with Crippen molar-refractivity contribution in [3.8, 4) is 0 Å². The fourth-order valence-electron chi connectivity index (χ4n) is 0. The maximum atomic E-state index is 8.83. The van der Waals surface area contributed by atoms with Crippen molar-refractivity contribution in [3.63, 3.8) is 0 Å². The molecule has 0 aliphatic heterocycles. The summed E-state index contributed by atoms with van der Waals surface area (Å²) in [4.78, 5) is 8.83. The lowest BCUT2D eigenvalue weighted by Gasteiger charge is -1.67. The number of carbonyl (C=O) groups excluding carboxylic acids is 1. The first-order valence-corrected chi connectivity index (χ1v) is 0.707. The number of hydrogen-bond donors (Lipinski definition) is 0. The third-order valence-corrected chi connectivity index (χ3v) is 0.0556. The Morgan fingerprint density at radius 2 is 2.25 bits per heavy atom. The fraction of sp³-hybridized carbons (Fsp3) is 0. The Morgan fingerprint density at radius 1 is 2.00 bits per heavy atom. The highest BCUT2D eigenvalue weighted by atomic mass is 16.5. The van der Waals surface area contributed by atoms with Gasteiger partial charge in [-0.3, -0.25) is 4.79 Å². The van der Waals surface area contributed by atoms with Crippen LogP contribution in [0, 0.1) is 0 Å². The summed E-state index contributed by atoms with van der Waals surface area (Å²) in [5.74, 6) is 0. The average molecular weight is 55.8 g/mol. The Labute approximate surface area is 25.2 Å². The minimum absolute atomic E-state index is 0.153. The van der Waals surface area contributed by atoms with E-state index in [1.54, 1.807) is 0 Å². The van der Waals surface area contributed by atoms with Gasteiger partial charge in [-0.25, -0.2) is 0 Å². The zero-order valence-electron chi connectivity index (χ0n) is 1.97. The fourth-order valence-corrected chi connectivity index (χ4v) is 0.